The van der Waals surface area contributed by atoms with Crippen LogP contribution in [0.4, 0.5) is 0 Å². The Bertz CT molecular complexity index is 4150. The molecule has 4 nitrogen and oxygen atoms in total. The average molecular weight is 768 g/mol. The molecule has 0 aliphatic carbocycles. The second-order valence-corrected chi connectivity index (χ2v) is 16.6. The summed E-state index contributed by atoms with van der Waals surface area (Å²) in [5.41, 5.74) is 6.66. The Labute approximate surface area is 339 Å². The lowest BCUT2D eigenvalue weighted by molar-refractivity contribution is 0.671. The highest BCUT2D eigenvalue weighted by Gasteiger charge is 2.27. The van der Waals surface area contributed by atoms with Crippen molar-refractivity contribution in [2.45, 2.75) is 0 Å². The van der Waals surface area contributed by atoms with Crippen molar-refractivity contribution in [1.82, 2.24) is 14.5 Å². The molecule has 272 valence electrons. The van der Waals surface area contributed by atoms with Crippen LogP contribution in [0.3, 0.4) is 0 Å². The molecule has 4 heterocycles. The first-order valence-corrected chi connectivity index (χ1v) is 20.8. The summed E-state index contributed by atoms with van der Waals surface area (Å²) < 4.78 is 11.8. The van der Waals surface area contributed by atoms with Crippen LogP contribution in [-0.4, -0.2) is 14.5 Å². The second kappa shape index (κ2) is 11.5. The first-order valence-electron chi connectivity index (χ1n) is 20.0. The Hall–Kier alpha value is -7.60. The number of thiophene rings is 1. The highest BCUT2D eigenvalue weighted by Crippen LogP contribution is 2.48. The van der Waals surface area contributed by atoms with Gasteiger partial charge in [0.1, 0.15) is 11.1 Å². The molecule has 0 fully saturated rings. The van der Waals surface area contributed by atoms with Gasteiger partial charge in [0, 0.05) is 63.4 Å². The van der Waals surface area contributed by atoms with Crippen molar-refractivity contribution in [2.75, 3.05) is 0 Å². The number of aromatic nitrogens is 3. The molecule has 4 aromatic heterocycles. The fraction of sp³-hybridized carbons (Fsp3) is 0. The monoisotopic (exact) mass is 767 g/mol. The number of para-hydroxylation sites is 1. The van der Waals surface area contributed by atoms with Crippen molar-refractivity contribution in [3.8, 4) is 17.2 Å². The zero-order valence-corrected chi connectivity index (χ0v) is 32.2. The fourth-order valence-electron chi connectivity index (χ4n) is 10.0. The number of hydrogen-bond acceptors (Lipinski definition) is 4. The van der Waals surface area contributed by atoms with Gasteiger partial charge < -0.3 is 4.42 Å². The summed E-state index contributed by atoms with van der Waals surface area (Å²) in [6, 6.07) is 63.3. The van der Waals surface area contributed by atoms with Crippen LogP contribution in [0.5, 0.6) is 0 Å². The smallest absolute Gasteiger partial charge is 0.235 e. The van der Waals surface area contributed by atoms with Crippen molar-refractivity contribution in [2.24, 2.45) is 0 Å². The molecule has 10 aromatic carbocycles. The molecule has 0 N–H and O–H groups in total. The van der Waals surface area contributed by atoms with E-state index in [2.05, 4.69) is 174 Å². The molecule has 0 aliphatic heterocycles. The Morgan fingerprint density at radius 2 is 1.02 bits per heavy atom. The Morgan fingerprint density at radius 1 is 0.407 bits per heavy atom. The minimum Gasteiger partial charge on any atom is -0.454 e. The molecule has 5 heteroatoms. The van der Waals surface area contributed by atoms with E-state index >= 15 is 0 Å². The van der Waals surface area contributed by atoms with Gasteiger partial charge in [-0.1, -0.05) is 158 Å². The fourth-order valence-corrected chi connectivity index (χ4v) is 11.3. The summed E-state index contributed by atoms with van der Waals surface area (Å²) in [5.74, 6) is 0.612. The maximum absolute atomic E-state index is 7.00. The largest absolute Gasteiger partial charge is 0.454 e. The van der Waals surface area contributed by atoms with Crippen molar-refractivity contribution in [3.63, 3.8) is 0 Å². The Kier molecular flexibility index (Phi) is 6.14. The molecule has 0 saturated carbocycles. The van der Waals surface area contributed by atoms with E-state index in [9.17, 15) is 0 Å². The normalized spacial score (nSPS) is 12.4. The molecular weight excluding hydrogens is 739 g/mol. The molecule has 14 aromatic rings. The highest BCUT2D eigenvalue weighted by molar-refractivity contribution is 7.26. The van der Waals surface area contributed by atoms with E-state index < -0.39 is 0 Å². The number of fused-ring (bicyclic) bond motifs is 20. The lowest BCUT2D eigenvalue weighted by Gasteiger charge is -2.14. The molecule has 0 atom stereocenters. The zero-order chi connectivity index (χ0) is 38.3. The molecule has 59 heavy (non-hydrogen) atoms. The number of rotatable bonds is 2. The molecule has 0 bridgehead atoms. The molecule has 0 spiro atoms. The number of benzene rings is 10. The van der Waals surface area contributed by atoms with Crippen LogP contribution < -0.4 is 0 Å². The SMILES string of the molecule is c1ccc2c(c1)ccc1c(-c3cccc4c3sc3ccc5ccccc5c34)nc(-n3c4c5ccccc5ccc4c4c5ccccc5c5c6ccccc6oc5c43)nc12. The first-order chi connectivity index (χ1) is 29.3. The number of furan rings is 1. The molecule has 0 unspecified atom stereocenters. The first kappa shape index (κ1) is 31.5. The molecule has 0 amide bonds. The minimum absolute atomic E-state index is 0.612. The third kappa shape index (κ3) is 4.16. The lowest BCUT2D eigenvalue weighted by Crippen LogP contribution is -2.04. The van der Waals surface area contributed by atoms with E-state index in [0.29, 0.717) is 5.95 Å². The average Bonchev–Trinajstić information content (AvgIpc) is 3.99. The van der Waals surface area contributed by atoms with Gasteiger partial charge in [0.15, 0.2) is 5.58 Å². The molecule has 0 radical (unpaired) electrons. The topological polar surface area (TPSA) is 43.9 Å². The van der Waals surface area contributed by atoms with Crippen LogP contribution >= 0.6 is 11.3 Å². The van der Waals surface area contributed by atoms with Gasteiger partial charge in [-0.15, -0.1) is 11.3 Å². The van der Waals surface area contributed by atoms with Crippen LogP contribution in [-0.2, 0) is 0 Å². The quantitative estimate of drug-likeness (QED) is 0.165. The molecule has 0 saturated heterocycles. The van der Waals surface area contributed by atoms with Gasteiger partial charge in [-0.05, 0) is 50.5 Å². The van der Waals surface area contributed by atoms with E-state index in [1.54, 1.807) is 0 Å². The van der Waals surface area contributed by atoms with Crippen molar-refractivity contribution >= 4 is 129 Å². The van der Waals surface area contributed by atoms with Crippen LogP contribution in [0, 0.1) is 0 Å². The second-order valence-electron chi connectivity index (χ2n) is 15.6. The van der Waals surface area contributed by atoms with E-state index in [-0.39, 0.29) is 0 Å². The third-order valence-electron chi connectivity index (χ3n) is 12.6. The zero-order valence-electron chi connectivity index (χ0n) is 31.4. The van der Waals surface area contributed by atoms with E-state index in [0.717, 1.165) is 87.4 Å². The van der Waals surface area contributed by atoms with Gasteiger partial charge in [0.2, 0.25) is 5.95 Å². The molecule has 14 rings (SSSR count). The minimum atomic E-state index is 0.612. The lowest BCUT2D eigenvalue weighted by atomic mass is 9.98. The number of nitrogens with zero attached hydrogens (tertiary/aromatic N) is 3. The predicted octanol–water partition coefficient (Wildman–Crippen LogP) is 15.3. The van der Waals surface area contributed by atoms with Crippen molar-refractivity contribution in [1.29, 1.82) is 0 Å². The predicted molar refractivity (Wildman–Crippen MR) is 250 cm³/mol. The molecule has 0 aliphatic rings. The standard InChI is InChI=1S/C54H29N3OS/c1-4-15-33-30(12-1)26-29-44-45(33)40-21-11-22-42(53(40)59-44)49-41-28-25-31-13-2-5-16-34(31)48(41)55-54(56-49)57-50-35-17-6-3-14-32(35)24-27-39(50)46-36-18-7-8-19-37(36)47-38-20-9-10-23-43(38)58-52(47)51(46)57/h1-29H. The number of hydrogen-bond donors (Lipinski definition) is 0. The van der Waals surface area contributed by atoms with Gasteiger partial charge in [0.25, 0.3) is 0 Å². The summed E-state index contributed by atoms with van der Waals surface area (Å²) in [5, 5.41) is 17.4. The van der Waals surface area contributed by atoms with Crippen molar-refractivity contribution < 1.29 is 4.42 Å². The van der Waals surface area contributed by atoms with Crippen LogP contribution in [0.1, 0.15) is 0 Å². The summed E-state index contributed by atoms with van der Waals surface area (Å²) in [6.07, 6.45) is 0. The summed E-state index contributed by atoms with van der Waals surface area (Å²) in [7, 11) is 0. The summed E-state index contributed by atoms with van der Waals surface area (Å²) in [6.45, 7) is 0. The maximum atomic E-state index is 7.00. The van der Waals surface area contributed by atoms with E-state index in [1.807, 2.05) is 17.4 Å². The van der Waals surface area contributed by atoms with Gasteiger partial charge >= 0.3 is 0 Å². The summed E-state index contributed by atoms with van der Waals surface area (Å²) in [4.78, 5) is 11.4. The van der Waals surface area contributed by atoms with Gasteiger partial charge in [0.05, 0.1) is 16.7 Å². The van der Waals surface area contributed by atoms with Gasteiger partial charge in [-0.3, -0.25) is 4.57 Å². The van der Waals surface area contributed by atoms with Gasteiger partial charge in [-0.25, -0.2) is 9.97 Å². The van der Waals surface area contributed by atoms with Crippen LogP contribution in [0.2, 0.25) is 0 Å². The van der Waals surface area contributed by atoms with Gasteiger partial charge in [-0.2, -0.15) is 0 Å². The van der Waals surface area contributed by atoms with Crippen LogP contribution in [0.25, 0.3) is 135 Å². The van der Waals surface area contributed by atoms with Crippen LogP contribution in [0.15, 0.2) is 180 Å². The van der Waals surface area contributed by atoms with E-state index in [1.165, 1.54) is 41.7 Å². The third-order valence-corrected chi connectivity index (χ3v) is 13.8. The Balaban J connectivity index is 1.21. The van der Waals surface area contributed by atoms with Crippen molar-refractivity contribution in [3.05, 3.63) is 176 Å². The summed E-state index contributed by atoms with van der Waals surface area (Å²) >= 11 is 1.84. The maximum Gasteiger partial charge on any atom is 0.235 e. The molecular formula is C54H29N3OS. The Morgan fingerprint density at radius 3 is 1.83 bits per heavy atom. The highest BCUT2D eigenvalue weighted by atomic mass is 32.1. The van der Waals surface area contributed by atoms with E-state index in [4.69, 9.17) is 14.4 Å².